The molecule has 0 spiro atoms. The van der Waals surface area contributed by atoms with Crippen LogP contribution in [0, 0.1) is 0 Å². The van der Waals surface area contributed by atoms with E-state index in [0.29, 0.717) is 12.2 Å². The average molecular weight is 230 g/mol. The molecule has 1 atom stereocenters. The zero-order valence-corrected chi connectivity index (χ0v) is 9.24. The molecule has 0 aliphatic heterocycles. The van der Waals surface area contributed by atoms with Crippen molar-refractivity contribution in [3.63, 3.8) is 0 Å². The Morgan fingerprint density at radius 1 is 1.47 bits per heavy atom. The summed E-state index contributed by atoms with van der Waals surface area (Å²) in [5, 5.41) is 0. The average Bonchev–Trinajstić information content (AvgIpc) is 2.19. The largest absolute Gasteiger partial charge is 0.271 e. The fourth-order valence-electron chi connectivity index (χ4n) is 1.11. The van der Waals surface area contributed by atoms with Gasteiger partial charge in [0.1, 0.15) is 15.7 Å². The molecule has 0 saturated heterocycles. The van der Waals surface area contributed by atoms with Crippen molar-refractivity contribution in [1.82, 2.24) is 15.4 Å². The van der Waals surface area contributed by atoms with Crippen molar-refractivity contribution in [3.05, 3.63) is 24.3 Å². The van der Waals surface area contributed by atoms with E-state index in [0.717, 1.165) is 0 Å². The minimum atomic E-state index is -2.99. The van der Waals surface area contributed by atoms with Crippen LogP contribution in [0.15, 0.2) is 18.5 Å². The monoisotopic (exact) mass is 230 g/mol. The van der Waals surface area contributed by atoms with Gasteiger partial charge >= 0.3 is 0 Å². The lowest BCUT2D eigenvalue weighted by Gasteiger charge is -2.12. The molecule has 1 aromatic heterocycles. The highest BCUT2D eigenvalue weighted by atomic mass is 32.2. The summed E-state index contributed by atoms with van der Waals surface area (Å²) in [4.78, 5) is 8.00. The first kappa shape index (κ1) is 12.0. The number of nitrogens with zero attached hydrogens (tertiary/aromatic N) is 2. The van der Waals surface area contributed by atoms with Crippen molar-refractivity contribution in [2.24, 2.45) is 5.84 Å². The van der Waals surface area contributed by atoms with Gasteiger partial charge in [0.15, 0.2) is 0 Å². The number of hydrogen-bond donors (Lipinski definition) is 2. The summed E-state index contributed by atoms with van der Waals surface area (Å²) in [6, 6.07) is 1.36. The van der Waals surface area contributed by atoms with Crippen LogP contribution < -0.4 is 11.3 Å². The van der Waals surface area contributed by atoms with E-state index in [9.17, 15) is 8.42 Å². The lowest BCUT2D eigenvalue weighted by molar-refractivity contribution is 0.506. The highest BCUT2D eigenvalue weighted by Gasteiger charge is 2.14. The molecular formula is C8H14N4O2S. The van der Waals surface area contributed by atoms with Gasteiger partial charge in [0.25, 0.3) is 0 Å². The standard InChI is InChI=1S/C8H14N4O2S/c1-15(13,14)6-3-7(12-9)8-10-4-2-5-11-8/h2,4-5,7,12H,3,6,9H2,1H3. The first-order chi connectivity index (χ1) is 7.03. The van der Waals surface area contributed by atoms with E-state index in [1.807, 2.05) is 0 Å². The number of hydrazine groups is 1. The second-order valence-corrected chi connectivity index (χ2v) is 5.50. The van der Waals surface area contributed by atoms with Gasteiger partial charge in [-0.1, -0.05) is 0 Å². The highest BCUT2D eigenvalue weighted by Crippen LogP contribution is 2.10. The summed E-state index contributed by atoms with van der Waals surface area (Å²) in [6.45, 7) is 0. The minimum Gasteiger partial charge on any atom is -0.271 e. The molecule has 0 amide bonds. The molecule has 1 heterocycles. The van der Waals surface area contributed by atoms with Crippen molar-refractivity contribution in [2.45, 2.75) is 12.5 Å². The van der Waals surface area contributed by atoms with E-state index in [-0.39, 0.29) is 11.8 Å². The first-order valence-electron chi connectivity index (χ1n) is 4.43. The molecule has 3 N–H and O–H groups in total. The quantitative estimate of drug-likeness (QED) is 0.518. The Bertz CT molecular complexity index is 392. The van der Waals surface area contributed by atoms with Crippen molar-refractivity contribution in [1.29, 1.82) is 0 Å². The molecule has 15 heavy (non-hydrogen) atoms. The predicted octanol–water partition coefficient (Wildman–Crippen LogP) is -0.584. The second-order valence-electron chi connectivity index (χ2n) is 3.24. The van der Waals surface area contributed by atoms with Crippen LogP contribution in [0.4, 0.5) is 0 Å². The number of rotatable bonds is 5. The van der Waals surface area contributed by atoms with Gasteiger partial charge in [-0.25, -0.2) is 23.8 Å². The van der Waals surface area contributed by atoms with Crippen LogP contribution in [0.25, 0.3) is 0 Å². The fraction of sp³-hybridized carbons (Fsp3) is 0.500. The van der Waals surface area contributed by atoms with Gasteiger partial charge in [0.2, 0.25) is 0 Å². The summed E-state index contributed by atoms with van der Waals surface area (Å²) in [5.74, 6) is 5.87. The van der Waals surface area contributed by atoms with Gasteiger partial charge in [-0.15, -0.1) is 0 Å². The molecule has 7 heteroatoms. The Balaban J connectivity index is 2.66. The van der Waals surface area contributed by atoms with E-state index < -0.39 is 9.84 Å². The van der Waals surface area contributed by atoms with Gasteiger partial charge in [0.05, 0.1) is 11.8 Å². The molecule has 0 saturated carbocycles. The van der Waals surface area contributed by atoms with Crippen molar-refractivity contribution in [2.75, 3.05) is 12.0 Å². The third kappa shape index (κ3) is 4.32. The number of hydrogen-bond acceptors (Lipinski definition) is 6. The predicted molar refractivity (Wildman–Crippen MR) is 56.4 cm³/mol. The molecule has 84 valence electrons. The lowest BCUT2D eigenvalue weighted by Crippen LogP contribution is -2.30. The molecule has 0 radical (unpaired) electrons. The van der Waals surface area contributed by atoms with Gasteiger partial charge in [0, 0.05) is 18.6 Å². The van der Waals surface area contributed by atoms with E-state index in [1.54, 1.807) is 18.5 Å². The van der Waals surface area contributed by atoms with E-state index in [4.69, 9.17) is 5.84 Å². The van der Waals surface area contributed by atoms with E-state index in [1.165, 1.54) is 6.26 Å². The smallest absolute Gasteiger partial charge is 0.147 e. The Morgan fingerprint density at radius 2 is 2.07 bits per heavy atom. The second kappa shape index (κ2) is 5.15. The van der Waals surface area contributed by atoms with Crippen LogP contribution in [-0.2, 0) is 9.84 Å². The molecule has 1 unspecified atom stereocenters. The van der Waals surface area contributed by atoms with E-state index >= 15 is 0 Å². The minimum absolute atomic E-state index is 0.0557. The molecule has 0 aliphatic rings. The van der Waals surface area contributed by atoms with Crippen molar-refractivity contribution < 1.29 is 8.42 Å². The maximum atomic E-state index is 11.0. The van der Waals surface area contributed by atoms with Crippen LogP contribution in [0.1, 0.15) is 18.3 Å². The number of sulfone groups is 1. The van der Waals surface area contributed by atoms with Crippen molar-refractivity contribution >= 4 is 9.84 Å². The highest BCUT2D eigenvalue weighted by molar-refractivity contribution is 7.90. The SMILES string of the molecule is CS(=O)(=O)CCC(NN)c1ncccn1. The number of aromatic nitrogens is 2. The molecule has 0 bridgehead atoms. The Morgan fingerprint density at radius 3 is 2.53 bits per heavy atom. The first-order valence-corrected chi connectivity index (χ1v) is 6.50. The van der Waals surface area contributed by atoms with Gasteiger partial charge < -0.3 is 0 Å². The Kier molecular flexibility index (Phi) is 4.13. The van der Waals surface area contributed by atoms with Crippen molar-refractivity contribution in [3.8, 4) is 0 Å². The Labute approximate surface area is 88.8 Å². The van der Waals surface area contributed by atoms with E-state index in [2.05, 4.69) is 15.4 Å². The topological polar surface area (TPSA) is 98.0 Å². The summed E-state index contributed by atoms with van der Waals surface area (Å²) >= 11 is 0. The fourth-order valence-corrected chi connectivity index (χ4v) is 1.77. The lowest BCUT2D eigenvalue weighted by atomic mass is 10.2. The molecule has 0 fully saturated rings. The maximum absolute atomic E-state index is 11.0. The van der Waals surface area contributed by atoms with Gasteiger partial charge in [-0.2, -0.15) is 0 Å². The van der Waals surface area contributed by atoms with Crippen LogP contribution in [0.3, 0.4) is 0 Å². The summed E-state index contributed by atoms with van der Waals surface area (Å²) in [5.41, 5.74) is 2.50. The maximum Gasteiger partial charge on any atom is 0.147 e. The zero-order chi connectivity index (χ0) is 11.3. The van der Waals surface area contributed by atoms with Gasteiger partial charge in [-0.05, 0) is 12.5 Å². The van der Waals surface area contributed by atoms with Crippen LogP contribution in [-0.4, -0.2) is 30.4 Å². The van der Waals surface area contributed by atoms with Crippen LogP contribution >= 0.6 is 0 Å². The molecule has 1 aromatic rings. The normalized spacial score (nSPS) is 13.7. The van der Waals surface area contributed by atoms with Crippen LogP contribution in [0.2, 0.25) is 0 Å². The third-order valence-electron chi connectivity index (χ3n) is 1.88. The van der Waals surface area contributed by atoms with Crippen LogP contribution in [0.5, 0.6) is 0 Å². The molecular weight excluding hydrogens is 216 g/mol. The molecule has 6 nitrogen and oxygen atoms in total. The summed E-state index contributed by atoms with van der Waals surface area (Å²) < 4.78 is 21.9. The molecule has 0 aromatic carbocycles. The number of nitrogens with one attached hydrogen (secondary N) is 1. The molecule has 0 aliphatic carbocycles. The summed E-state index contributed by atoms with van der Waals surface area (Å²) in [6.07, 6.45) is 4.73. The van der Waals surface area contributed by atoms with Gasteiger partial charge in [-0.3, -0.25) is 5.84 Å². The zero-order valence-electron chi connectivity index (χ0n) is 8.42. The number of nitrogens with two attached hydrogens (primary N) is 1. The Hall–Kier alpha value is -1.05. The third-order valence-corrected chi connectivity index (χ3v) is 2.85. The summed E-state index contributed by atoms with van der Waals surface area (Å²) in [7, 11) is -2.99. The molecule has 1 rings (SSSR count).